The van der Waals surface area contributed by atoms with Crippen LogP contribution in [0.15, 0.2) is 48.6 Å². The maximum atomic E-state index is 12.9. The first kappa shape index (κ1) is 75.4. The zero-order valence-electron chi connectivity index (χ0n) is 52.5. The minimum absolute atomic E-state index is 0.0735. The molecule has 78 heavy (non-hydrogen) atoms. The number of carbonyl (C=O) groups is 3. The van der Waals surface area contributed by atoms with Crippen LogP contribution in [-0.2, 0) is 28.6 Å². The molecule has 6 heteroatoms. The van der Waals surface area contributed by atoms with Crippen molar-refractivity contribution < 1.29 is 28.6 Å². The lowest BCUT2D eigenvalue weighted by molar-refractivity contribution is -0.167. The second kappa shape index (κ2) is 66.9. The smallest absolute Gasteiger partial charge is 0.306 e. The molecule has 0 saturated heterocycles. The Morgan fingerprint density at radius 3 is 0.756 bits per heavy atom. The summed E-state index contributed by atoms with van der Waals surface area (Å²) in [6.45, 7) is 6.60. The molecule has 0 radical (unpaired) electrons. The van der Waals surface area contributed by atoms with Crippen LogP contribution >= 0.6 is 0 Å². The molecule has 0 heterocycles. The van der Waals surface area contributed by atoms with Crippen LogP contribution in [0.4, 0.5) is 0 Å². The molecule has 0 aromatic carbocycles. The van der Waals surface area contributed by atoms with Crippen molar-refractivity contribution in [3.05, 3.63) is 48.6 Å². The third kappa shape index (κ3) is 64.2. The van der Waals surface area contributed by atoms with Gasteiger partial charge in [0.15, 0.2) is 6.10 Å². The Balaban J connectivity index is 4.01. The lowest BCUT2D eigenvalue weighted by Gasteiger charge is -2.18. The molecule has 0 fully saturated rings. The van der Waals surface area contributed by atoms with Gasteiger partial charge < -0.3 is 14.2 Å². The predicted molar refractivity (Wildman–Crippen MR) is 339 cm³/mol. The molecule has 0 bridgehead atoms. The number of rotatable bonds is 64. The van der Waals surface area contributed by atoms with Crippen LogP contribution in [0.5, 0.6) is 0 Å². The number of allylic oxidation sites excluding steroid dienone is 8. The highest BCUT2D eigenvalue weighted by molar-refractivity contribution is 5.71. The lowest BCUT2D eigenvalue weighted by atomic mass is 10.0. The van der Waals surface area contributed by atoms with Gasteiger partial charge in [-0.1, -0.05) is 326 Å². The molecule has 0 aliphatic heterocycles. The van der Waals surface area contributed by atoms with Gasteiger partial charge >= 0.3 is 17.9 Å². The Labute approximate surface area is 486 Å². The summed E-state index contributed by atoms with van der Waals surface area (Å²) < 4.78 is 16.9. The molecule has 0 spiro atoms. The Bertz CT molecular complexity index is 1350. The fourth-order valence-corrected chi connectivity index (χ4v) is 10.3. The molecule has 0 aromatic heterocycles. The van der Waals surface area contributed by atoms with Crippen molar-refractivity contribution in [2.24, 2.45) is 0 Å². The summed E-state index contributed by atoms with van der Waals surface area (Å²) in [7, 11) is 0. The van der Waals surface area contributed by atoms with Crippen molar-refractivity contribution in [2.45, 2.75) is 380 Å². The monoisotopic (exact) mass is 1090 g/mol. The quantitative estimate of drug-likeness (QED) is 0.0261. The van der Waals surface area contributed by atoms with Crippen molar-refractivity contribution in [3.8, 4) is 0 Å². The lowest BCUT2D eigenvalue weighted by Crippen LogP contribution is -2.30. The maximum absolute atomic E-state index is 12.9. The molecule has 0 N–H and O–H groups in total. The van der Waals surface area contributed by atoms with Gasteiger partial charge in [0.2, 0.25) is 0 Å². The molecule has 6 nitrogen and oxygen atoms in total. The Hall–Kier alpha value is -2.63. The topological polar surface area (TPSA) is 78.9 Å². The summed E-state index contributed by atoms with van der Waals surface area (Å²) in [5.41, 5.74) is 0. The first-order valence-corrected chi connectivity index (χ1v) is 34.6. The fraction of sp³-hybridized carbons (Fsp3) is 0.847. The summed E-state index contributed by atoms with van der Waals surface area (Å²) in [4.78, 5) is 38.2. The highest BCUT2D eigenvalue weighted by Gasteiger charge is 2.19. The van der Waals surface area contributed by atoms with Crippen LogP contribution in [0.25, 0.3) is 0 Å². The van der Waals surface area contributed by atoms with E-state index in [1.165, 1.54) is 238 Å². The van der Waals surface area contributed by atoms with E-state index in [0.717, 1.165) is 96.3 Å². The second-order valence-electron chi connectivity index (χ2n) is 23.4. The molecular formula is C72H132O6. The van der Waals surface area contributed by atoms with Crippen LogP contribution in [-0.4, -0.2) is 37.2 Å². The average molecular weight is 1090 g/mol. The minimum atomic E-state index is -0.776. The maximum Gasteiger partial charge on any atom is 0.306 e. The summed E-state index contributed by atoms with van der Waals surface area (Å²) in [5.74, 6) is -0.866. The summed E-state index contributed by atoms with van der Waals surface area (Å²) in [6.07, 6.45) is 84.5. The summed E-state index contributed by atoms with van der Waals surface area (Å²) in [5, 5.41) is 0. The van der Waals surface area contributed by atoms with E-state index in [0.29, 0.717) is 19.3 Å². The third-order valence-corrected chi connectivity index (χ3v) is 15.5. The average Bonchev–Trinajstić information content (AvgIpc) is 3.44. The highest BCUT2D eigenvalue weighted by atomic mass is 16.6. The van der Waals surface area contributed by atoms with Gasteiger partial charge in [0.1, 0.15) is 13.2 Å². The van der Waals surface area contributed by atoms with Crippen molar-refractivity contribution >= 4 is 17.9 Å². The van der Waals surface area contributed by atoms with Crippen molar-refractivity contribution in [1.29, 1.82) is 0 Å². The second-order valence-corrected chi connectivity index (χ2v) is 23.4. The van der Waals surface area contributed by atoms with Gasteiger partial charge in [-0.3, -0.25) is 14.4 Å². The van der Waals surface area contributed by atoms with E-state index in [2.05, 4.69) is 69.4 Å². The van der Waals surface area contributed by atoms with E-state index < -0.39 is 6.10 Å². The van der Waals surface area contributed by atoms with Crippen molar-refractivity contribution in [2.75, 3.05) is 13.2 Å². The number of ether oxygens (including phenoxy) is 3. The Morgan fingerprint density at radius 1 is 0.256 bits per heavy atom. The summed E-state index contributed by atoms with van der Waals surface area (Å²) >= 11 is 0. The van der Waals surface area contributed by atoms with E-state index >= 15 is 0 Å². The molecule has 0 aromatic rings. The Morgan fingerprint density at radius 2 is 0.487 bits per heavy atom. The van der Waals surface area contributed by atoms with Crippen LogP contribution in [0, 0.1) is 0 Å². The standard InChI is InChI=1S/C72H132O6/c1-4-7-10-13-16-19-22-25-26-27-28-29-30-31-32-33-34-35-36-37-38-39-40-41-42-43-44-45-46-48-50-53-56-59-62-65-71(74)77-68-69(67-76-70(73)64-61-58-55-52-49-24-21-18-15-12-9-6-3)78-72(75)66-63-60-57-54-51-47-23-20-17-14-11-8-5-2/h11,14,20,22-23,25,27-28,69H,4-10,12-13,15-19,21,24,26,29-68H2,1-3H3/b14-11-,23-20-,25-22-,28-27-. The van der Waals surface area contributed by atoms with Crippen molar-refractivity contribution in [1.82, 2.24) is 0 Å². The van der Waals surface area contributed by atoms with E-state index in [4.69, 9.17) is 14.2 Å². The molecule has 456 valence electrons. The van der Waals surface area contributed by atoms with Gasteiger partial charge in [-0.25, -0.2) is 0 Å². The van der Waals surface area contributed by atoms with Gasteiger partial charge in [0.05, 0.1) is 0 Å². The van der Waals surface area contributed by atoms with Gasteiger partial charge in [-0.05, 0) is 77.0 Å². The first-order valence-electron chi connectivity index (χ1n) is 34.6. The van der Waals surface area contributed by atoms with Gasteiger partial charge in [-0.15, -0.1) is 0 Å². The molecule has 0 aliphatic rings. The van der Waals surface area contributed by atoms with Crippen LogP contribution in [0.2, 0.25) is 0 Å². The predicted octanol–water partition coefficient (Wildman–Crippen LogP) is 23.7. The first-order chi connectivity index (χ1) is 38.5. The van der Waals surface area contributed by atoms with E-state index in [9.17, 15) is 14.4 Å². The fourth-order valence-electron chi connectivity index (χ4n) is 10.3. The normalized spacial score (nSPS) is 12.3. The Kier molecular flexibility index (Phi) is 64.6. The van der Waals surface area contributed by atoms with Gasteiger partial charge in [0.25, 0.3) is 0 Å². The van der Waals surface area contributed by atoms with Gasteiger partial charge in [0, 0.05) is 19.3 Å². The molecule has 0 saturated carbocycles. The van der Waals surface area contributed by atoms with E-state index in [-0.39, 0.29) is 31.1 Å². The zero-order chi connectivity index (χ0) is 56.4. The number of hydrogen-bond donors (Lipinski definition) is 0. The molecule has 0 amide bonds. The molecular weight excluding hydrogens is 961 g/mol. The number of hydrogen-bond acceptors (Lipinski definition) is 6. The van der Waals surface area contributed by atoms with Crippen LogP contribution in [0.1, 0.15) is 374 Å². The highest BCUT2D eigenvalue weighted by Crippen LogP contribution is 2.18. The molecule has 1 atom stereocenters. The zero-order valence-corrected chi connectivity index (χ0v) is 52.5. The van der Waals surface area contributed by atoms with E-state index in [1.807, 2.05) is 0 Å². The number of carbonyl (C=O) groups excluding carboxylic acids is 3. The minimum Gasteiger partial charge on any atom is -0.462 e. The third-order valence-electron chi connectivity index (χ3n) is 15.5. The molecule has 0 aliphatic carbocycles. The molecule has 0 rings (SSSR count). The van der Waals surface area contributed by atoms with E-state index in [1.54, 1.807) is 0 Å². The number of unbranched alkanes of at least 4 members (excludes halogenated alkanes) is 45. The van der Waals surface area contributed by atoms with Crippen LogP contribution < -0.4 is 0 Å². The summed E-state index contributed by atoms with van der Waals surface area (Å²) in [6, 6.07) is 0. The van der Waals surface area contributed by atoms with Crippen LogP contribution in [0.3, 0.4) is 0 Å². The van der Waals surface area contributed by atoms with Gasteiger partial charge in [-0.2, -0.15) is 0 Å². The SMILES string of the molecule is CCC/C=C\C/C=C\CCCCCCCC(=O)OC(COC(=O)CCCCCCCCCCCCCC)COC(=O)CCCCCCCCCCCCCCCCCCCCCCCCC/C=C\C/C=C\CCCCCCC. The van der Waals surface area contributed by atoms with Crippen molar-refractivity contribution in [3.63, 3.8) is 0 Å². The largest absolute Gasteiger partial charge is 0.462 e. The number of esters is 3. The molecule has 1 unspecified atom stereocenters.